The van der Waals surface area contributed by atoms with Crippen molar-refractivity contribution in [3.63, 3.8) is 0 Å². The van der Waals surface area contributed by atoms with Crippen LogP contribution >= 0.6 is 0 Å². The smallest absolute Gasteiger partial charge is 0.326 e. The normalized spacial score (nSPS) is 11.4. The largest absolute Gasteiger partial charge is 0.506 e. The number of carbonyl (C=O) groups excluding carboxylic acids is 1. The highest BCUT2D eigenvalue weighted by molar-refractivity contribution is 7.90. The van der Waals surface area contributed by atoms with Gasteiger partial charge in [-0.2, -0.15) is 8.42 Å². The number of phenolic OH excluding ortho intramolecular Hbond substituents is 1. The summed E-state index contributed by atoms with van der Waals surface area (Å²) in [7, 11) is -3.64. The van der Waals surface area contributed by atoms with Gasteiger partial charge in [0.2, 0.25) is 5.88 Å². The number of phenols is 1. The average molecular weight is 467 g/mol. The zero-order chi connectivity index (χ0) is 23.5. The Hall–Kier alpha value is -3.51. The summed E-state index contributed by atoms with van der Waals surface area (Å²) >= 11 is 0. The first-order valence-electron chi connectivity index (χ1n) is 9.17. The highest BCUT2D eigenvalue weighted by atomic mass is 32.2. The third-order valence-corrected chi connectivity index (χ3v) is 5.39. The molecule has 12 heteroatoms. The van der Waals surface area contributed by atoms with Gasteiger partial charge in [0.25, 0.3) is 10.2 Å². The minimum absolute atomic E-state index is 0.0327. The molecule has 0 aliphatic carbocycles. The van der Waals surface area contributed by atoms with Gasteiger partial charge in [0, 0.05) is 17.9 Å². The van der Waals surface area contributed by atoms with Crippen LogP contribution in [0.25, 0.3) is 10.9 Å². The van der Waals surface area contributed by atoms with Crippen molar-refractivity contribution < 1.29 is 36.6 Å². The van der Waals surface area contributed by atoms with Crippen molar-refractivity contribution in [1.82, 2.24) is 4.98 Å². The Morgan fingerprint density at radius 2 is 1.88 bits per heavy atom. The summed E-state index contributed by atoms with van der Waals surface area (Å²) in [6.07, 6.45) is 0.432. The van der Waals surface area contributed by atoms with Crippen LogP contribution in [0.4, 0.5) is 14.5 Å². The van der Waals surface area contributed by atoms with Crippen LogP contribution in [-0.2, 0) is 26.2 Å². The second kappa shape index (κ2) is 9.32. The number of hydrogen-bond acceptors (Lipinski definition) is 7. The predicted molar refractivity (Wildman–Crippen MR) is 111 cm³/mol. The van der Waals surface area contributed by atoms with Crippen molar-refractivity contribution in [1.29, 1.82) is 0 Å². The number of benzene rings is 2. The number of halogens is 2. The van der Waals surface area contributed by atoms with Crippen molar-refractivity contribution in [2.24, 2.45) is 5.14 Å². The van der Waals surface area contributed by atoms with Gasteiger partial charge in [-0.15, -0.1) is 0 Å². The van der Waals surface area contributed by atoms with Crippen molar-refractivity contribution >= 4 is 32.8 Å². The Morgan fingerprint density at radius 1 is 1.19 bits per heavy atom. The molecule has 0 bridgehead atoms. The monoisotopic (exact) mass is 467 g/mol. The molecule has 3 rings (SSSR count). The lowest BCUT2D eigenvalue weighted by Crippen LogP contribution is -2.41. The number of aromatic nitrogens is 1. The number of nitrogens with two attached hydrogens (primary N) is 1. The molecule has 1 heterocycles. The van der Waals surface area contributed by atoms with Crippen molar-refractivity contribution in [2.75, 3.05) is 24.6 Å². The lowest BCUT2D eigenvalue weighted by molar-refractivity contribution is -0.138. The average Bonchev–Trinajstić information content (AvgIpc) is 2.74. The topological polar surface area (TPSA) is 132 Å². The molecule has 170 valence electrons. The van der Waals surface area contributed by atoms with E-state index in [1.54, 1.807) is 12.1 Å². The van der Waals surface area contributed by atoms with Gasteiger partial charge in [0.05, 0.1) is 13.7 Å². The Morgan fingerprint density at radius 3 is 2.50 bits per heavy atom. The third kappa shape index (κ3) is 5.21. The molecule has 0 spiro atoms. The zero-order valence-corrected chi connectivity index (χ0v) is 17.6. The molecule has 3 N–H and O–H groups in total. The summed E-state index contributed by atoms with van der Waals surface area (Å²) in [5, 5.41) is 15.5. The third-order valence-electron chi connectivity index (χ3n) is 4.46. The van der Waals surface area contributed by atoms with Gasteiger partial charge in [0.1, 0.15) is 29.3 Å². The van der Waals surface area contributed by atoms with E-state index in [0.717, 1.165) is 18.7 Å². The van der Waals surface area contributed by atoms with Gasteiger partial charge in [-0.05, 0) is 29.8 Å². The molecule has 1 aromatic heterocycles. The maximum Gasteiger partial charge on any atom is 0.326 e. The number of hydrogen-bond donors (Lipinski definition) is 2. The Labute approximate surface area is 182 Å². The maximum atomic E-state index is 15.2. The molecule has 0 aliphatic heterocycles. The molecular weight excluding hydrogens is 448 g/mol. The Balaban J connectivity index is 1.92. The SMILES string of the molecule is COC(=O)CN(c1c(O)cc2ccc(OCCc3ccc(F)cc3)nc2c1F)S(N)(=O)=O. The van der Waals surface area contributed by atoms with Crippen molar-refractivity contribution in [3.8, 4) is 11.6 Å². The van der Waals surface area contributed by atoms with Crippen LogP contribution in [0.1, 0.15) is 5.56 Å². The molecule has 0 amide bonds. The number of pyridine rings is 1. The fourth-order valence-electron chi connectivity index (χ4n) is 2.90. The quantitative estimate of drug-likeness (QED) is 0.485. The molecule has 3 aromatic rings. The van der Waals surface area contributed by atoms with E-state index in [9.17, 15) is 22.7 Å². The number of methoxy groups -OCH3 is 1. The van der Waals surface area contributed by atoms with E-state index in [4.69, 9.17) is 9.88 Å². The molecular formula is C20H19F2N3O6S. The summed E-state index contributed by atoms with van der Waals surface area (Å²) in [6, 6.07) is 9.78. The molecule has 0 fully saturated rings. The standard InChI is InChI=1S/C20H19F2N3O6S/c1-30-17(27)11-25(32(23,28)29)20-15(26)10-13-4-7-16(24-19(13)18(20)22)31-9-8-12-2-5-14(21)6-3-12/h2-7,10,26H,8-9,11H2,1H3,(H2,23,28,29). The summed E-state index contributed by atoms with van der Waals surface area (Å²) < 4.78 is 62.2. The van der Waals surface area contributed by atoms with Gasteiger partial charge < -0.3 is 14.6 Å². The van der Waals surface area contributed by atoms with Crippen LogP contribution in [0.5, 0.6) is 11.6 Å². The van der Waals surface area contributed by atoms with Gasteiger partial charge in [-0.1, -0.05) is 12.1 Å². The molecule has 32 heavy (non-hydrogen) atoms. The first-order chi connectivity index (χ1) is 15.1. The van der Waals surface area contributed by atoms with E-state index in [0.29, 0.717) is 6.42 Å². The number of nitrogens with zero attached hydrogens (tertiary/aromatic N) is 2. The van der Waals surface area contributed by atoms with Crippen LogP contribution in [0.15, 0.2) is 42.5 Å². The minimum atomic E-state index is -4.65. The van der Waals surface area contributed by atoms with E-state index in [1.807, 2.05) is 0 Å². The fourth-order valence-corrected chi connectivity index (χ4v) is 3.62. The second-order valence-electron chi connectivity index (χ2n) is 6.63. The molecule has 2 aromatic carbocycles. The number of aromatic hydroxyl groups is 1. The predicted octanol–water partition coefficient (Wildman–Crippen LogP) is 2.02. The number of fused-ring (bicyclic) bond motifs is 1. The zero-order valence-electron chi connectivity index (χ0n) is 16.8. The molecule has 9 nitrogen and oxygen atoms in total. The molecule has 0 saturated carbocycles. The van der Waals surface area contributed by atoms with Crippen LogP contribution in [0.3, 0.4) is 0 Å². The molecule has 0 aliphatic rings. The first kappa shape index (κ1) is 23.2. The number of rotatable bonds is 8. The van der Waals surface area contributed by atoms with E-state index >= 15 is 4.39 Å². The summed E-state index contributed by atoms with van der Waals surface area (Å²) in [5.41, 5.74) is -0.339. The maximum absolute atomic E-state index is 15.2. The van der Waals surface area contributed by atoms with E-state index < -0.39 is 40.0 Å². The van der Waals surface area contributed by atoms with E-state index in [-0.39, 0.29) is 33.5 Å². The number of esters is 1. The highest BCUT2D eigenvalue weighted by Gasteiger charge is 2.29. The highest BCUT2D eigenvalue weighted by Crippen LogP contribution is 2.37. The molecule has 0 saturated heterocycles. The molecule has 0 radical (unpaired) electrons. The minimum Gasteiger partial charge on any atom is -0.506 e. The summed E-state index contributed by atoms with van der Waals surface area (Å²) in [6.45, 7) is -0.804. The van der Waals surface area contributed by atoms with E-state index in [2.05, 4.69) is 9.72 Å². The van der Waals surface area contributed by atoms with E-state index in [1.165, 1.54) is 24.3 Å². The van der Waals surface area contributed by atoms with Gasteiger partial charge in [0.15, 0.2) is 5.82 Å². The van der Waals surface area contributed by atoms with Crippen LogP contribution in [0.2, 0.25) is 0 Å². The lowest BCUT2D eigenvalue weighted by atomic mass is 10.1. The second-order valence-corrected chi connectivity index (χ2v) is 8.10. The van der Waals surface area contributed by atoms with Gasteiger partial charge >= 0.3 is 5.97 Å². The van der Waals surface area contributed by atoms with Crippen LogP contribution in [0, 0.1) is 11.6 Å². The van der Waals surface area contributed by atoms with Gasteiger partial charge in [-0.25, -0.2) is 23.2 Å². The van der Waals surface area contributed by atoms with Crippen molar-refractivity contribution in [2.45, 2.75) is 6.42 Å². The number of anilines is 1. The van der Waals surface area contributed by atoms with Crippen LogP contribution < -0.4 is 14.2 Å². The summed E-state index contributed by atoms with van der Waals surface area (Å²) in [4.78, 5) is 15.6. The van der Waals surface area contributed by atoms with Crippen molar-refractivity contribution in [3.05, 3.63) is 59.7 Å². The number of carbonyl (C=O) groups is 1. The molecule has 0 unspecified atom stereocenters. The summed E-state index contributed by atoms with van der Waals surface area (Å²) in [5.74, 6) is -3.34. The Kier molecular flexibility index (Phi) is 6.75. The number of ether oxygens (including phenoxy) is 2. The van der Waals surface area contributed by atoms with Gasteiger partial charge in [-0.3, -0.25) is 4.79 Å². The van der Waals surface area contributed by atoms with Crippen LogP contribution in [-0.4, -0.2) is 44.7 Å². The first-order valence-corrected chi connectivity index (χ1v) is 10.7. The molecule has 0 atom stereocenters. The Bertz CT molecular complexity index is 1250. The lowest BCUT2D eigenvalue weighted by Gasteiger charge is -2.22. The fraction of sp³-hybridized carbons (Fsp3) is 0.200.